The van der Waals surface area contributed by atoms with Gasteiger partial charge in [-0.25, -0.2) is 0 Å². The quantitative estimate of drug-likeness (QED) is 0.801. The molecule has 0 aliphatic rings. The van der Waals surface area contributed by atoms with Crippen LogP contribution in [0.15, 0.2) is 34.9 Å². The molecule has 0 amide bonds. The third-order valence-corrected chi connectivity index (χ3v) is 2.32. The second-order valence-corrected chi connectivity index (χ2v) is 3.74. The van der Waals surface area contributed by atoms with E-state index in [-0.39, 0.29) is 6.10 Å². The van der Waals surface area contributed by atoms with Crippen LogP contribution < -0.4 is 5.32 Å². The minimum absolute atomic E-state index is 0.317. The summed E-state index contributed by atoms with van der Waals surface area (Å²) in [6.45, 7) is 3.09. The average Bonchev–Trinajstić information content (AvgIpc) is 2.62. The molecule has 2 N–H and O–H groups in total. The Bertz CT molecular complexity index is 434. The lowest BCUT2D eigenvalue weighted by atomic mass is 10.2. The number of fused-ring (bicyclic) bond motifs is 1. The van der Waals surface area contributed by atoms with Crippen LogP contribution in [0.5, 0.6) is 0 Å². The molecule has 1 atom stereocenters. The lowest BCUT2D eigenvalue weighted by molar-refractivity contribution is 0.191. The molecule has 80 valence electrons. The van der Waals surface area contributed by atoms with Crippen molar-refractivity contribution in [2.75, 3.05) is 6.54 Å². The van der Waals surface area contributed by atoms with Gasteiger partial charge < -0.3 is 14.8 Å². The van der Waals surface area contributed by atoms with Crippen molar-refractivity contribution in [2.45, 2.75) is 19.6 Å². The van der Waals surface area contributed by atoms with Crippen molar-refractivity contribution in [3.8, 4) is 0 Å². The van der Waals surface area contributed by atoms with Crippen LogP contribution in [-0.2, 0) is 6.54 Å². The van der Waals surface area contributed by atoms with Crippen LogP contribution in [0.4, 0.5) is 0 Å². The monoisotopic (exact) mass is 205 g/mol. The van der Waals surface area contributed by atoms with Crippen LogP contribution in [0, 0.1) is 0 Å². The molecule has 0 saturated heterocycles. The first-order valence-electron chi connectivity index (χ1n) is 5.11. The first kappa shape index (κ1) is 10.2. The van der Waals surface area contributed by atoms with Crippen molar-refractivity contribution in [1.82, 2.24) is 5.32 Å². The Hall–Kier alpha value is -1.32. The van der Waals surface area contributed by atoms with Gasteiger partial charge in [0.25, 0.3) is 0 Å². The molecule has 15 heavy (non-hydrogen) atoms. The molecule has 0 radical (unpaired) electrons. The predicted octanol–water partition coefficient (Wildman–Crippen LogP) is 1.90. The topological polar surface area (TPSA) is 45.4 Å². The van der Waals surface area contributed by atoms with E-state index in [1.807, 2.05) is 24.3 Å². The summed E-state index contributed by atoms with van der Waals surface area (Å²) < 4.78 is 5.40. The Morgan fingerprint density at radius 1 is 1.40 bits per heavy atom. The van der Waals surface area contributed by atoms with Crippen LogP contribution >= 0.6 is 0 Å². The highest BCUT2D eigenvalue weighted by molar-refractivity contribution is 5.80. The molecule has 3 nitrogen and oxygen atoms in total. The fourth-order valence-corrected chi connectivity index (χ4v) is 1.59. The maximum Gasteiger partial charge on any atom is 0.134 e. The highest BCUT2D eigenvalue weighted by atomic mass is 16.3. The summed E-state index contributed by atoms with van der Waals surface area (Å²) in [6.07, 6.45) is 1.45. The largest absolute Gasteiger partial charge is 0.464 e. The van der Waals surface area contributed by atoms with Crippen LogP contribution in [0.1, 0.15) is 12.5 Å². The zero-order valence-electron chi connectivity index (χ0n) is 8.73. The van der Waals surface area contributed by atoms with Gasteiger partial charge in [0, 0.05) is 24.0 Å². The van der Waals surface area contributed by atoms with Gasteiger partial charge in [-0.3, -0.25) is 0 Å². The van der Waals surface area contributed by atoms with E-state index in [4.69, 9.17) is 9.52 Å². The molecule has 1 heterocycles. The van der Waals surface area contributed by atoms with Gasteiger partial charge in [-0.2, -0.15) is 0 Å². The van der Waals surface area contributed by atoms with Gasteiger partial charge in [0.05, 0.1) is 12.4 Å². The molecule has 0 aliphatic carbocycles. The summed E-state index contributed by atoms with van der Waals surface area (Å²) in [4.78, 5) is 0. The van der Waals surface area contributed by atoms with E-state index < -0.39 is 0 Å². The highest BCUT2D eigenvalue weighted by Gasteiger charge is 2.04. The van der Waals surface area contributed by atoms with E-state index in [0.29, 0.717) is 6.54 Å². The zero-order chi connectivity index (χ0) is 10.7. The van der Waals surface area contributed by atoms with Gasteiger partial charge in [-0.15, -0.1) is 0 Å². The van der Waals surface area contributed by atoms with Gasteiger partial charge in [0.2, 0.25) is 0 Å². The maximum absolute atomic E-state index is 9.11. The Balaban J connectivity index is 2.08. The normalized spacial score (nSPS) is 13.2. The van der Waals surface area contributed by atoms with E-state index in [9.17, 15) is 0 Å². The van der Waals surface area contributed by atoms with Gasteiger partial charge in [-0.05, 0) is 13.0 Å². The lowest BCUT2D eigenvalue weighted by Crippen LogP contribution is -2.23. The van der Waals surface area contributed by atoms with Crippen molar-refractivity contribution in [3.05, 3.63) is 36.1 Å². The predicted molar refractivity (Wildman–Crippen MR) is 59.6 cm³/mol. The van der Waals surface area contributed by atoms with Gasteiger partial charge in [0.1, 0.15) is 5.58 Å². The van der Waals surface area contributed by atoms with Crippen molar-refractivity contribution >= 4 is 11.0 Å². The minimum Gasteiger partial charge on any atom is -0.464 e. The smallest absolute Gasteiger partial charge is 0.134 e. The van der Waals surface area contributed by atoms with E-state index in [2.05, 4.69) is 5.32 Å². The fraction of sp³-hybridized carbons (Fsp3) is 0.333. The number of hydrogen-bond donors (Lipinski definition) is 2. The fourth-order valence-electron chi connectivity index (χ4n) is 1.59. The third kappa shape index (κ3) is 2.37. The number of benzene rings is 1. The number of aliphatic hydroxyl groups excluding tert-OH is 1. The van der Waals surface area contributed by atoms with Crippen LogP contribution in [0.3, 0.4) is 0 Å². The van der Waals surface area contributed by atoms with E-state index in [1.165, 1.54) is 0 Å². The number of furan rings is 1. The zero-order valence-corrected chi connectivity index (χ0v) is 8.73. The Morgan fingerprint density at radius 2 is 2.20 bits per heavy atom. The second kappa shape index (κ2) is 4.47. The molecule has 0 fully saturated rings. The maximum atomic E-state index is 9.11. The van der Waals surface area contributed by atoms with Gasteiger partial charge in [-0.1, -0.05) is 18.2 Å². The summed E-state index contributed by atoms with van der Waals surface area (Å²) in [6, 6.07) is 7.95. The molecule has 2 rings (SSSR count). The highest BCUT2D eigenvalue weighted by Crippen LogP contribution is 2.20. The molecule has 0 bridgehead atoms. The lowest BCUT2D eigenvalue weighted by Gasteiger charge is -2.05. The Labute approximate surface area is 88.7 Å². The molecule has 0 spiro atoms. The molecule has 0 unspecified atom stereocenters. The number of hydrogen-bond acceptors (Lipinski definition) is 3. The molecular formula is C12H15NO2. The van der Waals surface area contributed by atoms with Crippen molar-refractivity contribution in [2.24, 2.45) is 0 Å². The molecule has 1 aromatic carbocycles. The van der Waals surface area contributed by atoms with E-state index >= 15 is 0 Å². The summed E-state index contributed by atoms with van der Waals surface area (Å²) in [5.74, 6) is 0. The van der Waals surface area contributed by atoms with Crippen molar-refractivity contribution in [1.29, 1.82) is 0 Å². The number of nitrogens with one attached hydrogen (secondary N) is 1. The summed E-state index contributed by atoms with van der Waals surface area (Å²) in [5.41, 5.74) is 2.04. The van der Waals surface area contributed by atoms with Crippen molar-refractivity contribution in [3.63, 3.8) is 0 Å². The summed E-state index contributed by atoms with van der Waals surface area (Å²) >= 11 is 0. The SMILES string of the molecule is C[C@H](O)CNCc1coc2ccccc12. The number of para-hydroxylation sites is 1. The van der Waals surface area contributed by atoms with Gasteiger partial charge >= 0.3 is 0 Å². The Kier molecular flexibility index (Phi) is 3.04. The molecular weight excluding hydrogens is 190 g/mol. The molecule has 0 saturated carbocycles. The standard InChI is InChI=1S/C12H15NO2/c1-9(14)6-13-7-10-8-15-12-5-3-2-4-11(10)12/h2-5,8-9,13-14H,6-7H2,1H3/t9-/m0/s1. The number of rotatable bonds is 4. The first-order chi connectivity index (χ1) is 7.27. The molecule has 2 aromatic rings. The van der Waals surface area contributed by atoms with Crippen molar-refractivity contribution < 1.29 is 9.52 Å². The first-order valence-corrected chi connectivity index (χ1v) is 5.11. The van der Waals surface area contributed by atoms with Gasteiger partial charge in [0.15, 0.2) is 0 Å². The summed E-state index contributed by atoms with van der Waals surface area (Å²) in [5, 5.41) is 13.4. The molecule has 1 aromatic heterocycles. The average molecular weight is 205 g/mol. The minimum atomic E-state index is -0.317. The second-order valence-electron chi connectivity index (χ2n) is 3.74. The van der Waals surface area contributed by atoms with Crippen LogP contribution in [-0.4, -0.2) is 17.8 Å². The third-order valence-electron chi connectivity index (χ3n) is 2.32. The summed E-state index contributed by atoms with van der Waals surface area (Å²) in [7, 11) is 0. The number of aliphatic hydroxyl groups is 1. The molecule has 3 heteroatoms. The Morgan fingerprint density at radius 3 is 3.00 bits per heavy atom. The van der Waals surface area contributed by atoms with Crippen LogP contribution in [0.25, 0.3) is 11.0 Å². The van der Waals surface area contributed by atoms with Crippen LogP contribution in [0.2, 0.25) is 0 Å². The van der Waals surface area contributed by atoms with E-state index in [0.717, 1.165) is 23.1 Å². The molecule has 0 aliphatic heterocycles. The van der Waals surface area contributed by atoms with E-state index in [1.54, 1.807) is 13.2 Å².